The van der Waals surface area contributed by atoms with Crippen LogP contribution >= 0.6 is 27.5 Å². The standard InChI is InChI=1S/C11H14BrCl/c1-8(7-12)9(2)10-5-3-4-6-11(10)13/h3-6,8-9H,7H2,1-2H3. The molecule has 1 aromatic rings. The number of hydrogen-bond donors (Lipinski definition) is 0. The van der Waals surface area contributed by atoms with E-state index in [1.165, 1.54) is 5.56 Å². The van der Waals surface area contributed by atoms with Gasteiger partial charge in [0.1, 0.15) is 0 Å². The van der Waals surface area contributed by atoms with Gasteiger partial charge in [0.2, 0.25) is 0 Å². The lowest BCUT2D eigenvalue weighted by molar-refractivity contribution is 0.547. The topological polar surface area (TPSA) is 0 Å². The number of benzene rings is 1. The molecule has 0 aromatic heterocycles. The fourth-order valence-electron chi connectivity index (χ4n) is 1.28. The molecule has 2 unspecified atom stereocenters. The molecule has 0 fully saturated rings. The van der Waals surface area contributed by atoms with Gasteiger partial charge in [-0.1, -0.05) is 59.6 Å². The molecule has 0 saturated carbocycles. The van der Waals surface area contributed by atoms with Gasteiger partial charge in [0.25, 0.3) is 0 Å². The summed E-state index contributed by atoms with van der Waals surface area (Å²) in [5.41, 5.74) is 1.25. The van der Waals surface area contributed by atoms with Crippen LogP contribution in [0.15, 0.2) is 24.3 Å². The molecule has 0 heterocycles. The molecular weight excluding hydrogens is 247 g/mol. The number of hydrogen-bond acceptors (Lipinski definition) is 0. The smallest absolute Gasteiger partial charge is 0.0440 e. The molecular formula is C11H14BrCl. The molecule has 13 heavy (non-hydrogen) atoms. The van der Waals surface area contributed by atoms with Crippen molar-refractivity contribution in [2.24, 2.45) is 5.92 Å². The molecule has 0 aliphatic carbocycles. The summed E-state index contributed by atoms with van der Waals surface area (Å²) in [5, 5.41) is 1.89. The fraction of sp³-hybridized carbons (Fsp3) is 0.455. The average molecular weight is 262 g/mol. The third kappa shape index (κ3) is 2.72. The summed E-state index contributed by atoms with van der Waals surface area (Å²) in [7, 11) is 0. The summed E-state index contributed by atoms with van der Waals surface area (Å²) >= 11 is 9.60. The second-order valence-corrected chi connectivity index (χ2v) is 4.50. The van der Waals surface area contributed by atoms with Crippen LogP contribution in [-0.4, -0.2) is 5.33 Å². The van der Waals surface area contributed by atoms with Crippen LogP contribution in [0.5, 0.6) is 0 Å². The quantitative estimate of drug-likeness (QED) is 0.704. The molecule has 0 bridgehead atoms. The maximum atomic E-state index is 6.10. The molecule has 1 aromatic carbocycles. The SMILES string of the molecule is CC(CBr)C(C)c1ccccc1Cl. The Morgan fingerprint density at radius 3 is 2.46 bits per heavy atom. The van der Waals surface area contributed by atoms with Crippen LogP contribution in [0.1, 0.15) is 25.3 Å². The number of rotatable bonds is 3. The van der Waals surface area contributed by atoms with Crippen molar-refractivity contribution in [3.8, 4) is 0 Å². The Hall–Kier alpha value is -0.0100. The van der Waals surface area contributed by atoms with E-state index in [0.717, 1.165) is 10.4 Å². The van der Waals surface area contributed by atoms with Gasteiger partial charge in [-0.05, 0) is 23.5 Å². The summed E-state index contributed by atoms with van der Waals surface area (Å²) in [4.78, 5) is 0. The predicted molar refractivity (Wildman–Crippen MR) is 62.8 cm³/mol. The monoisotopic (exact) mass is 260 g/mol. The highest BCUT2D eigenvalue weighted by molar-refractivity contribution is 9.09. The van der Waals surface area contributed by atoms with Crippen molar-refractivity contribution in [1.82, 2.24) is 0 Å². The van der Waals surface area contributed by atoms with E-state index >= 15 is 0 Å². The molecule has 0 saturated heterocycles. The van der Waals surface area contributed by atoms with Crippen molar-refractivity contribution >= 4 is 27.5 Å². The fourth-order valence-corrected chi connectivity index (χ4v) is 2.15. The van der Waals surface area contributed by atoms with Crippen LogP contribution in [-0.2, 0) is 0 Å². The van der Waals surface area contributed by atoms with E-state index < -0.39 is 0 Å². The maximum Gasteiger partial charge on any atom is 0.0440 e. The van der Waals surface area contributed by atoms with Gasteiger partial charge in [-0.25, -0.2) is 0 Å². The lowest BCUT2D eigenvalue weighted by Gasteiger charge is -2.18. The van der Waals surface area contributed by atoms with E-state index in [2.05, 4.69) is 35.8 Å². The second kappa shape index (κ2) is 5.02. The Kier molecular flexibility index (Phi) is 4.27. The van der Waals surface area contributed by atoms with Crippen molar-refractivity contribution in [2.75, 3.05) is 5.33 Å². The van der Waals surface area contributed by atoms with Crippen molar-refractivity contribution in [2.45, 2.75) is 19.8 Å². The van der Waals surface area contributed by atoms with Gasteiger partial charge < -0.3 is 0 Å². The van der Waals surface area contributed by atoms with Crippen LogP contribution in [0.4, 0.5) is 0 Å². The zero-order valence-corrected chi connectivity index (χ0v) is 10.3. The minimum atomic E-state index is 0.507. The zero-order valence-electron chi connectivity index (χ0n) is 7.93. The van der Waals surface area contributed by atoms with E-state index in [1.54, 1.807) is 0 Å². The zero-order chi connectivity index (χ0) is 9.84. The number of alkyl halides is 1. The molecule has 2 atom stereocenters. The normalized spacial score (nSPS) is 15.4. The Labute approximate surface area is 93.4 Å². The van der Waals surface area contributed by atoms with Gasteiger partial charge in [-0.2, -0.15) is 0 Å². The predicted octanol–water partition coefficient (Wildman–Crippen LogP) is 4.47. The number of halogens is 2. The third-order valence-electron chi connectivity index (χ3n) is 2.49. The Balaban J connectivity index is 2.88. The molecule has 72 valence electrons. The van der Waals surface area contributed by atoms with Gasteiger partial charge in [0.15, 0.2) is 0 Å². The van der Waals surface area contributed by atoms with Crippen LogP contribution < -0.4 is 0 Å². The van der Waals surface area contributed by atoms with Gasteiger partial charge in [0, 0.05) is 10.4 Å². The third-order valence-corrected chi connectivity index (χ3v) is 3.86. The summed E-state index contributed by atoms with van der Waals surface area (Å²) in [5.74, 6) is 1.12. The van der Waals surface area contributed by atoms with E-state index in [9.17, 15) is 0 Å². The van der Waals surface area contributed by atoms with Crippen molar-refractivity contribution < 1.29 is 0 Å². The van der Waals surface area contributed by atoms with Crippen LogP contribution in [0.2, 0.25) is 5.02 Å². The van der Waals surface area contributed by atoms with Gasteiger partial charge in [0.05, 0.1) is 0 Å². The van der Waals surface area contributed by atoms with E-state index in [0.29, 0.717) is 11.8 Å². The molecule has 1 rings (SSSR count). The first-order valence-corrected chi connectivity index (χ1v) is 5.97. The average Bonchev–Trinajstić information content (AvgIpc) is 2.16. The molecule has 0 aliphatic heterocycles. The highest BCUT2D eigenvalue weighted by Crippen LogP contribution is 2.30. The first-order valence-electron chi connectivity index (χ1n) is 4.47. The second-order valence-electron chi connectivity index (χ2n) is 3.44. The van der Waals surface area contributed by atoms with Crippen LogP contribution in [0.25, 0.3) is 0 Å². The summed E-state index contributed by atoms with van der Waals surface area (Å²) in [6.45, 7) is 4.44. The van der Waals surface area contributed by atoms with Crippen LogP contribution in [0.3, 0.4) is 0 Å². The molecule has 0 spiro atoms. The first kappa shape index (κ1) is 11.1. The maximum absolute atomic E-state index is 6.10. The Morgan fingerprint density at radius 1 is 1.31 bits per heavy atom. The van der Waals surface area contributed by atoms with E-state index in [4.69, 9.17) is 11.6 Å². The van der Waals surface area contributed by atoms with Gasteiger partial charge in [-0.3, -0.25) is 0 Å². The van der Waals surface area contributed by atoms with E-state index in [1.807, 2.05) is 18.2 Å². The Morgan fingerprint density at radius 2 is 1.92 bits per heavy atom. The van der Waals surface area contributed by atoms with Crippen molar-refractivity contribution in [3.63, 3.8) is 0 Å². The first-order chi connectivity index (χ1) is 6.16. The minimum absolute atomic E-state index is 0.507. The van der Waals surface area contributed by atoms with Crippen molar-refractivity contribution in [3.05, 3.63) is 34.9 Å². The van der Waals surface area contributed by atoms with Crippen LogP contribution in [0, 0.1) is 5.92 Å². The summed E-state index contributed by atoms with van der Waals surface area (Å²) < 4.78 is 0. The van der Waals surface area contributed by atoms with Crippen molar-refractivity contribution in [1.29, 1.82) is 0 Å². The molecule has 0 nitrogen and oxygen atoms in total. The molecule has 0 amide bonds. The summed E-state index contributed by atoms with van der Waals surface area (Å²) in [6, 6.07) is 8.07. The van der Waals surface area contributed by atoms with Gasteiger partial charge in [-0.15, -0.1) is 0 Å². The molecule has 0 N–H and O–H groups in total. The lowest BCUT2D eigenvalue weighted by Crippen LogP contribution is -2.07. The highest BCUT2D eigenvalue weighted by Gasteiger charge is 2.15. The van der Waals surface area contributed by atoms with Gasteiger partial charge >= 0.3 is 0 Å². The molecule has 0 radical (unpaired) electrons. The van der Waals surface area contributed by atoms with E-state index in [-0.39, 0.29) is 0 Å². The minimum Gasteiger partial charge on any atom is -0.0925 e. The highest BCUT2D eigenvalue weighted by atomic mass is 79.9. The largest absolute Gasteiger partial charge is 0.0925 e. The summed E-state index contributed by atoms with van der Waals surface area (Å²) in [6.07, 6.45) is 0. The molecule has 2 heteroatoms. The molecule has 0 aliphatic rings. The lowest BCUT2D eigenvalue weighted by atomic mass is 9.90. The Bertz CT molecular complexity index is 273.